The molecule has 3 heteroatoms. The molecule has 66 valence electrons. The highest BCUT2D eigenvalue weighted by atomic mass is 16.3. The van der Waals surface area contributed by atoms with Gasteiger partial charge < -0.3 is 10.1 Å². The van der Waals surface area contributed by atoms with Crippen molar-refractivity contribution >= 4 is 0 Å². The van der Waals surface area contributed by atoms with Gasteiger partial charge in [-0.2, -0.15) is 0 Å². The van der Waals surface area contributed by atoms with Gasteiger partial charge in [0.05, 0.1) is 0 Å². The molecule has 11 heavy (non-hydrogen) atoms. The second kappa shape index (κ2) is 5.92. The second-order valence-corrected chi connectivity index (χ2v) is 1.97. The van der Waals surface area contributed by atoms with E-state index >= 15 is 0 Å². The lowest BCUT2D eigenvalue weighted by atomic mass is 10.4. The molecule has 0 saturated heterocycles. The predicted octanol–water partition coefficient (Wildman–Crippen LogP) is 1.53. The summed E-state index contributed by atoms with van der Waals surface area (Å²) in [5.74, 6) is 0.901. The van der Waals surface area contributed by atoms with Gasteiger partial charge in [0.1, 0.15) is 5.82 Å². The quantitative estimate of drug-likeness (QED) is 0.685. The summed E-state index contributed by atoms with van der Waals surface area (Å²) in [5, 5.41) is 8.48. The first-order valence-corrected chi connectivity index (χ1v) is 2.94. The molecule has 0 aliphatic carbocycles. The molecule has 1 aromatic rings. The van der Waals surface area contributed by atoms with Crippen molar-refractivity contribution in [1.29, 1.82) is 0 Å². The number of nitrogens with one attached hydrogen (secondary N) is 1. The number of hydrogen-bond acceptors (Lipinski definition) is 2. The van der Waals surface area contributed by atoms with E-state index in [4.69, 9.17) is 5.11 Å². The minimum atomic E-state index is 0. The Morgan fingerprint density at radius 3 is 2.55 bits per heavy atom. The standard InChI is InChI=1S/C6H10N2O.2CH4/c1-5-7-4-6(8-5)2-3-9;;/h4,9H,2-3H2,1H3,(H,7,8);2*1H4. The molecule has 0 radical (unpaired) electrons. The maximum atomic E-state index is 8.48. The zero-order valence-electron chi connectivity index (χ0n) is 5.39. The van der Waals surface area contributed by atoms with Crippen molar-refractivity contribution in [2.45, 2.75) is 28.2 Å². The molecule has 2 N–H and O–H groups in total. The molecule has 0 unspecified atom stereocenters. The first kappa shape index (κ1) is 12.8. The van der Waals surface area contributed by atoms with E-state index in [1.54, 1.807) is 6.20 Å². The van der Waals surface area contributed by atoms with Crippen LogP contribution in [0.2, 0.25) is 0 Å². The van der Waals surface area contributed by atoms with Gasteiger partial charge in [-0.15, -0.1) is 0 Å². The molecule has 0 amide bonds. The fourth-order valence-electron chi connectivity index (χ4n) is 0.719. The van der Waals surface area contributed by atoms with E-state index in [1.807, 2.05) is 6.92 Å². The topological polar surface area (TPSA) is 48.9 Å². The number of aryl methyl sites for hydroxylation is 1. The molecule has 1 rings (SSSR count). The lowest BCUT2D eigenvalue weighted by Crippen LogP contribution is -1.89. The summed E-state index contributed by atoms with van der Waals surface area (Å²) in [6.07, 6.45) is 2.41. The van der Waals surface area contributed by atoms with E-state index in [0.29, 0.717) is 6.42 Å². The van der Waals surface area contributed by atoms with E-state index in [0.717, 1.165) is 11.5 Å². The smallest absolute Gasteiger partial charge is 0.103 e. The van der Waals surface area contributed by atoms with Crippen LogP contribution in [0.3, 0.4) is 0 Å². The number of aromatic amines is 1. The number of rotatable bonds is 2. The van der Waals surface area contributed by atoms with E-state index < -0.39 is 0 Å². The van der Waals surface area contributed by atoms with Crippen molar-refractivity contribution in [3.8, 4) is 0 Å². The van der Waals surface area contributed by atoms with E-state index in [9.17, 15) is 0 Å². The normalized spacial score (nSPS) is 8.18. The van der Waals surface area contributed by atoms with Crippen LogP contribution in [0, 0.1) is 6.92 Å². The molecule has 0 aliphatic heterocycles. The Kier molecular flexibility index (Phi) is 6.89. The van der Waals surface area contributed by atoms with Gasteiger partial charge in [0.2, 0.25) is 0 Å². The Balaban J connectivity index is 0. The molecule has 0 aromatic carbocycles. The third-order valence-electron chi connectivity index (χ3n) is 1.14. The van der Waals surface area contributed by atoms with Gasteiger partial charge >= 0.3 is 0 Å². The van der Waals surface area contributed by atoms with Crippen LogP contribution in [-0.4, -0.2) is 21.7 Å². The molecule has 0 spiro atoms. The summed E-state index contributed by atoms with van der Waals surface area (Å²) in [6, 6.07) is 0. The number of aromatic nitrogens is 2. The molecule has 0 atom stereocenters. The molecular formula is C8H18N2O. The van der Waals surface area contributed by atoms with Gasteiger partial charge in [0.25, 0.3) is 0 Å². The van der Waals surface area contributed by atoms with Gasteiger partial charge in [-0.3, -0.25) is 0 Å². The third-order valence-corrected chi connectivity index (χ3v) is 1.14. The number of aliphatic hydroxyl groups excluding tert-OH is 1. The minimum Gasteiger partial charge on any atom is -0.396 e. The Labute approximate surface area is 68.5 Å². The van der Waals surface area contributed by atoms with Gasteiger partial charge in [0, 0.05) is 24.9 Å². The van der Waals surface area contributed by atoms with Crippen LogP contribution in [-0.2, 0) is 6.42 Å². The van der Waals surface area contributed by atoms with E-state index in [1.165, 1.54) is 0 Å². The average molecular weight is 158 g/mol. The molecular weight excluding hydrogens is 140 g/mol. The van der Waals surface area contributed by atoms with Crippen LogP contribution < -0.4 is 0 Å². The SMILES string of the molecule is C.C.Cc1ncc(CCO)[nH]1. The van der Waals surface area contributed by atoms with Gasteiger partial charge in [-0.05, 0) is 6.92 Å². The minimum absolute atomic E-state index is 0. The highest BCUT2D eigenvalue weighted by Crippen LogP contribution is 1.94. The lowest BCUT2D eigenvalue weighted by Gasteiger charge is -1.87. The Bertz CT molecular complexity index is 184. The van der Waals surface area contributed by atoms with Crippen LogP contribution in [0.4, 0.5) is 0 Å². The van der Waals surface area contributed by atoms with Crippen LogP contribution >= 0.6 is 0 Å². The van der Waals surface area contributed by atoms with Gasteiger partial charge in [-0.25, -0.2) is 4.98 Å². The number of aliphatic hydroxyl groups is 1. The number of imidazole rings is 1. The molecule has 0 bridgehead atoms. The average Bonchev–Trinajstić information content (AvgIpc) is 2.17. The van der Waals surface area contributed by atoms with Crippen LogP contribution in [0.5, 0.6) is 0 Å². The molecule has 0 fully saturated rings. The Morgan fingerprint density at radius 2 is 2.18 bits per heavy atom. The van der Waals surface area contributed by atoms with Crippen molar-refractivity contribution in [2.24, 2.45) is 0 Å². The van der Waals surface area contributed by atoms with E-state index in [-0.39, 0.29) is 21.5 Å². The molecule has 3 nitrogen and oxygen atoms in total. The maximum Gasteiger partial charge on any atom is 0.103 e. The summed E-state index contributed by atoms with van der Waals surface area (Å²) in [6.45, 7) is 2.07. The molecule has 0 saturated carbocycles. The summed E-state index contributed by atoms with van der Waals surface area (Å²) in [4.78, 5) is 6.97. The fraction of sp³-hybridized carbons (Fsp3) is 0.625. The Hall–Kier alpha value is -0.830. The first-order valence-electron chi connectivity index (χ1n) is 2.94. The monoisotopic (exact) mass is 158 g/mol. The first-order chi connectivity index (χ1) is 4.33. The van der Waals surface area contributed by atoms with Crippen molar-refractivity contribution < 1.29 is 5.11 Å². The zero-order valence-corrected chi connectivity index (χ0v) is 5.39. The Morgan fingerprint density at radius 1 is 1.55 bits per heavy atom. The second-order valence-electron chi connectivity index (χ2n) is 1.97. The predicted molar refractivity (Wildman–Crippen MR) is 47.6 cm³/mol. The number of hydrogen-bond donors (Lipinski definition) is 2. The highest BCUT2D eigenvalue weighted by molar-refractivity contribution is 4.99. The van der Waals surface area contributed by atoms with Crippen molar-refractivity contribution in [3.63, 3.8) is 0 Å². The molecule has 1 heterocycles. The lowest BCUT2D eigenvalue weighted by molar-refractivity contribution is 0.298. The molecule has 0 aliphatic rings. The highest BCUT2D eigenvalue weighted by Gasteiger charge is 1.92. The zero-order chi connectivity index (χ0) is 6.69. The summed E-state index contributed by atoms with van der Waals surface area (Å²) in [5.41, 5.74) is 0.995. The fourth-order valence-corrected chi connectivity index (χ4v) is 0.719. The van der Waals surface area contributed by atoms with Crippen molar-refractivity contribution in [3.05, 3.63) is 17.7 Å². The number of nitrogens with zero attached hydrogens (tertiary/aromatic N) is 1. The number of H-pyrrole nitrogens is 1. The van der Waals surface area contributed by atoms with Crippen molar-refractivity contribution in [2.75, 3.05) is 6.61 Å². The summed E-state index contributed by atoms with van der Waals surface area (Å²) >= 11 is 0. The summed E-state index contributed by atoms with van der Waals surface area (Å²) in [7, 11) is 0. The largest absolute Gasteiger partial charge is 0.396 e. The maximum absolute atomic E-state index is 8.48. The van der Waals surface area contributed by atoms with Crippen molar-refractivity contribution in [1.82, 2.24) is 9.97 Å². The van der Waals surface area contributed by atoms with Crippen LogP contribution in [0.25, 0.3) is 0 Å². The van der Waals surface area contributed by atoms with Gasteiger partial charge in [0.15, 0.2) is 0 Å². The van der Waals surface area contributed by atoms with Crippen LogP contribution in [0.1, 0.15) is 26.4 Å². The van der Waals surface area contributed by atoms with E-state index in [2.05, 4.69) is 9.97 Å². The van der Waals surface area contributed by atoms with Crippen LogP contribution in [0.15, 0.2) is 6.20 Å². The third kappa shape index (κ3) is 3.78. The van der Waals surface area contributed by atoms with Gasteiger partial charge in [-0.1, -0.05) is 14.9 Å². The molecule has 1 aromatic heterocycles. The summed E-state index contributed by atoms with van der Waals surface area (Å²) < 4.78 is 0.